The van der Waals surface area contributed by atoms with Crippen molar-refractivity contribution >= 4 is 11.8 Å². The molecule has 0 fully saturated rings. The SMILES string of the molecule is COc1ccccc1SCC(O)C(N)Cc1ccccc1. The summed E-state index contributed by atoms with van der Waals surface area (Å²) in [7, 11) is 1.65. The van der Waals surface area contributed by atoms with Crippen molar-refractivity contribution in [2.75, 3.05) is 12.9 Å². The van der Waals surface area contributed by atoms with Crippen LogP contribution in [0.2, 0.25) is 0 Å². The highest BCUT2D eigenvalue weighted by molar-refractivity contribution is 7.99. The van der Waals surface area contributed by atoms with Crippen LogP contribution in [0.25, 0.3) is 0 Å². The molecule has 0 aliphatic carbocycles. The Bertz CT molecular complexity index is 547. The van der Waals surface area contributed by atoms with Crippen molar-refractivity contribution in [2.45, 2.75) is 23.5 Å². The summed E-state index contributed by atoms with van der Waals surface area (Å²) in [5, 5.41) is 10.2. The van der Waals surface area contributed by atoms with E-state index in [1.165, 1.54) is 0 Å². The quantitative estimate of drug-likeness (QED) is 0.772. The molecule has 0 heterocycles. The highest BCUT2D eigenvalue weighted by Gasteiger charge is 2.16. The molecule has 0 bridgehead atoms. The van der Waals surface area contributed by atoms with Gasteiger partial charge < -0.3 is 15.6 Å². The molecule has 2 aromatic carbocycles. The largest absolute Gasteiger partial charge is 0.496 e. The Morgan fingerprint density at radius 2 is 1.76 bits per heavy atom. The number of methoxy groups -OCH3 is 1. The first-order chi connectivity index (χ1) is 10.2. The first-order valence-electron chi connectivity index (χ1n) is 6.94. The Morgan fingerprint density at radius 3 is 2.48 bits per heavy atom. The second-order valence-corrected chi connectivity index (χ2v) is 5.94. The van der Waals surface area contributed by atoms with Crippen molar-refractivity contribution in [1.82, 2.24) is 0 Å². The van der Waals surface area contributed by atoms with Gasteiger partial charge in [-0.25, -0.2) is 0 Å². The van der Waals surface area contributed by atoms with Crippen molar-refractivity contribution in [3.05, 3.63) is 60.2 Å². The van der Waals surface area contributed by atoms with Gasteiger partial charge >= 0.3 is 0 Å². The molecule has 21 heavy (non-hydrogen) atoms. The van der Waals surface area contributed by atoms with Gasteiger partial charge in [0.15, 0.2) is 0 Å². The monoisotopic (exact) mass is 303 g/mol. The van der Waals surface area contributed by atoms with Crippen LogP contribution in [0, 0.1) is 0 Å². The van der Waals surface area contributed by atoms with Gasteiger partial charge in [-0.15, -0.1) is 11.8 Å². The Labute approximate surface area is 130 Å². The third-order valence-electron chi connectivity index (χ3n) is 3.29. The predicted molar refractivity (Wildman–Crippen MR) is 87.8 cm³/mol. The standard InChI is InChI=1S/C17H21NO2S/c1-20-16-9-5-6-10-17(16)21-12-15(19)14(18)11-13-7-3-2-4-8-13/h2-10,14-15,19H,11-12,18H2,1H3. The number of aliphatic hydroxyl groups excluding tert-OH is 1. The summed E-state index contributed by atoms with van der Waals surface area (Å²) in [4.78, 5) is 1.02. The predicted octanol–water partition coefficient (Wildman–Crippen LogP) is 2.72. The molecule has 0 aliphatic rings. The van der Waals surface area contributed by atoms with Gasteiger partial charge in [-0.05, 0) is 24.1 Å². The van der Waals surface area contributed by atoms with Gasteiger partial charge in [-0.3, -0.25) is 0 Å². The van der Waals surface area contributed by atoms with E-state index >= 15 is 0 Å². The zero-order valence-electron chi connectivity index (χ0n) is 12.1. The Kier molecular flexibility index (Phi) is 6.11. The maximum Gasteiger partial charge on any atom is 0.132 e. The van der Waals surface area contributed by atoms with Crippen LogP contribution in [0.5, 0.6) is 5.75 Å². The van der Waals surface area contributed by atoms with Crippen molar-refractivity contribution in [3.63, 3.8) is 0 Å². The summed E-state index contributed by atoms with van der Waals surface area (Å²) in [6.45, 7) is 0. The minimum atomic E-state index is -0.555. The van der Waals surface area contributed by atoms with Crippen LogP contribution in [0.15, 0.2) is 59.5 Å². The van der Waals surface area contributed by atoms with Crippen LogP contribution in [0.1, 0.15) is 5.56 Å². The number of aliphatic hydroxyl groups is 1. The lowest BCUT2D eigenvalue weighted by atomic mass is 10.0. The third-order valence-corrected chi connectivity index (χ3v) is 4.44. The average Bonchev–Trinajstić information content (AvgIpc) is 2.53. The summed E-state index contributed by atoms with van der Waals surface area (Å²) in [5.41, 5.74) is 7.23. The molecule has 0 aliphatic heterocycles. The lowest BCUT2D eigenvalue weighted by Crippen LogP contribution is -2.38. The van der Waals surface area contributed by atoms with Crippen LogP contribution >= 0.6 is 11.8 Å². The number of ether oxygens (including phenoxy) is 1. The van der Waals surface area contributed by atoms with Gasteiger partial charge in [0.1, 0.15) is 5.75 Å². The molecule has 3 N–H and O–H groups in total. The van der Waals surface area contributed by atoms with E-state index in [9.17, 15) is 5.11 Å². The summed E-state index contributed by atoms with van der Waals surface area (Å²) >= 11 is 1.56. The summed E-state index contributed by atoms with van der Waals surface area (Å²) in [6, 6.07) is 17.5. The molecular weight excluding hydrogens is 282 g/mol. The molecule has 0 amide bonds. The highest BCUT2D eigenvalue weighted by atomic mass is 32.2. The number of thioether (sulfide) groups is 1. The summed E-state index contributed by atoms with van der Waals surface area (Å²) in [5.74, 6) is 1.38. The van der Waals surface area contributed by atoms with Crippen LogP contribution in [-0.4, -0.2) is 30.1 Å². The number of nitrogens with two attached hydrogens (primary N) is 1. The Hall–Kier alpha value is -1.49. The zero-order valence-corrected chi connectivity index (χ0v) is 12.9. The van der Waals surface area contributed by atoms with Gasteiger partial charge in [0, 0.05) is 16.7 Å². The minimum Gasteiger partial charge on any atom is -0.496 e. The van der Waals surface area contributed by atoms with E-state index in [4.69, 9.17) is 10.5 Å². The van der Waals surface area contributed by atoms with Crippen molar-refractivity contribution in [1.29, 1.82) is 0 Å². The third kappa shape index (κ3) is 4.77. The number of hydrogen-bond acceptors (Lipinski definition) is 4. The molecule has 4 heteroatoms. The van der Waals surface area contributed by atoms with E-state index in [1.807, 2.05) is 54.6 Å². The van der Waals surface area contributed by atoms with Gasteiger partial charge in [-0.1, -0.05) is 42.5 Å². The van der Waals surface area contributed by atoms with E-state index in [2.05, 4.69) is 0 Å². The molecule has 112 valence electrons. The van der Waals surface area contributed by atoms with Crippen molar-refractivity contribution in [2.24, 2.45) is 5.73 Å². The molecule has 2 aromatic rings. The lowest BCUT2D eigenvalue weighted by molar-refractivity contribution is 0.167. The number of benzene rings is 2. The Morgan fingerprint density at radius 1 is 1.10 bits per heavy atom. The average molecular weight is 303 g/mol. The van der Waals surface area contributed by atoms with Crippen LogP contribution in [0.4, 0.5) is 0 Å². The van der Waals surface area contributed by atoms with Gasteiger partial charge in [0.2, 0.25) is 0 Å². The molecule has 2 rings (SSSR count). The molecule has 0 saturated carbocycles. The van der Waals surface area contributed by atoms with E-state index in [1.54, 1.807) is 18.9 Å². The molecule has 0 spiro atoms. The van der Waals surface area contributed by atoms with E-state index in [0.717, 1.165) is 16.2 Å². The normalized spacial score (nSPS) is 13.7. The minimum absolute atomic E-state index is 0.269. The second-order valence-electron chi connectivity index (χ2n) is 4.88. The van der Waals surface area contributed by atoms with Crippen molar-refractivity contribution < 1.29 is 9.84 Å². The van der Waals surface area contributed by atoms with E-state index < -0.39 is 6.10 Å². The van der Waals surface area contributed by atoms with Crippen LogP contribution in [-0.2, 0) is 6.42 Å². The van der Waals surface area contributed by atoms with Crippen LogP contribution < -0.4 is 10.5 Å². The van der Waals surface area contributed by atoms with Gasteiger partial charge in [0.25, 0.3) is 0 Å². The van der Waals surface area contributed by atoms with Gasteiger partial charge in [0.05, 0.1) is 13.2 Å². The van der Waals surface area contributed by atoms with Crippen molar-refractivity contribution in [3.8, 4) is 5.75 Å². The van der Waals surface area contributed by atoms with Gasteiger partial charge in [-0.2, -0.15) is 0 Å². The molecule has 0 aromatic heterocycles. The zero-order chi connectivity index (χ0) is 15.1. The van der Waals surface area contributed by atoms with Crippen LogP contribution in [0.3, 0.4) is 0 Å². The second kappa shape index (κ2) is 8.08. The smallest absolute Gasteiger partial charge is 0.132 e. The molecule has 2 atom stereocenters. The first kappa shape index (κ1) is 15.9. The lowest BCUT2D eigenvalue weighted by Gasteiger charge is -2.19. The molecule has 0 saturated heterocycles. The number of para-hydroxylation sites is 1. The number of rotatable bonds is 7. The maximum absolute atomic E-state index is 10.2. The number of hydrogen-bond donors (Lipinski definition) is 2. The van der Waals surface area contributed by atoms with E-state index in [0.29, 0.717) is 12.2 Å². The van der Waals surface area contributed by atoms with E-state index in [-0.39, 0.29) is 6.04 Å². The summed E-state index contributed by atoms with van der Waals surface area (Å²) < 4.78 is 5.30. The topological polar surface area (TPSA) is 55.5 Å². The Balaban J connectivity index is 1.87. The molecule has 2 unspecified atom stereocenters. The molecular formula is C17H21NO2S. The fraction of sp³-hybridized carbons (Fsp3) is 0.294. The fourth-order valence-corrected chi connectivity index (χ4v) is 3.13. The first-order valence-corrected chi connectivity index (χ1v) is 7.92. The fourth-order valence-electron chi connectivity index (χ4n) is 2.06. The molecule has 3 nitrogen and oxygen atoms in total. The maximum atomic E-state index is 10.2. The highest BCUT2D eigenvalue weighted by Crippen LogP contribution is 2.29. The molecule has 0 radical (unpaired) electrons. The summed E-state index contributed by atoms with van der Waals surface area (Å²) in [6.07, 6.45) is 0.120.